The highest BCUT2D eigenvalue weighted by molar-refractivity contribution is 5.31. The molecule has 1 fully saturated rings. The van der Waals surface area contributed by atoms with Gasteiger partial charge in [0.05, 0.1) is 0 Å². The Labute approximate surface area is 118 Å². The van der Waals surface area contributed by atoms with Gasteiger partial charge < -0.3 is 10.6 Å². The van der Waals surface area contributed by atoms with Gasteiger partial charge in [0.25, 0.3) is 0 Å². The quantitative estimate of drug-likeness (QED) is 0.667. The van der Waals surface area contributed by atoms with E-state index in [-0.39, 0.29) is 0 Å². The van der Waals surface area contributed by atoms with Gasteiger partial charge in [-0.3, -0.25) is 0 Å². The van der Waals surface area contributed by atoms with Crippen LogP contribution in [0, 0.1) is 5.92 Å². The molecule has 0 aliphatic heterocycles. The molecule has 1 aliphatic carbocycles. The average molecular weight is 260 g/mol. The molecular formula is C17H28N2. The second-order valence-electron chi connectivity index (χ2n) is 6.27. The van der Waals surface area contributed by atoms with Gasteiger partial charge in [-0.25, -0.2) is 0 Å². The van der Waals surface area contributed by atoms with E-state index in [9.17, 15) is 0 Å². The largest absolute Gasteiger partial charge is 0.316 e. The predicted octanol–water partition coefficient (Wildman–Crippen LogP) is 2.94. The Bertz CT molecular complexity index is 355. The lowest BCUT2D eigenvalue weighted by Crippen LogP contribution is -2.30. The first-order valence-electron chi connectivity index (χ1n) is 7.70. The van der Waals surface area contributed by atoms with Crippen molar-refractivity contribution in [3.8, 4) is 0 Å². The van der Waals surface area contributed by atoms with E-state index in [0.717, 1.165) is 32.1 Å². The Hall–Kier alpha value is -0.860. The summed E-state index contributed by atoms with van der Waals surface area (Å²) in [5.74, 6) is 0.751. The molecule has 1 saturated carbocycles. The lowest BCUT2D eigenvalue weighted by molar-refractivity contribution is 0.515. The second-order valence-corrected chi connectivity index (χ2v) is 6.27. The Kier molecular flexibility index (Phi) is 5.41. The van der Waals surface area contributed by atoms with Crippen LogP contribution in [0.15, 0.2) is 30.3 Å². The fraction of sp³-hybridized carbons (Fsp3) is 0.647. The molecule has 2 nitrogen and oxygen atoms in total. The topological polar surface area (TPSA) is 24.1 Å². The fourth-order valence-electron chi connectivity index (χ4n) is 2.57. The summed E-state index contributed by atoms with van der Waals surface area (Å²) in [5.41, 5.74) is 1.97. The molecule has 0 atom stereocenters. The van der Waals surface area contributed by atoms with E-state index >= 15 is 0 Å². The average Bonchev–Trinajstić information content (AvgIpc) is 3.19. The molecule has 0 aromatic heterocycles. The van der Waals surface area contributed by atoms with Crippen LogP contribution < -0.4 is 10.6 Å². The van der Waals surface area contributed by atoms with Crippen molar-refractivity contribution in [2.75, 3.05) is 26.2 Å². The van der Waals surface area contributed by atoms with Crippen molar-refractivity contribution in [2.45, 2.75) is 38.5 Å². The van der Waals surface area contributed by atoms with E-state index < -0.39 is 0 Å². The molecule has 19 heavy (non-hydrogen) atoms. The third kappa shape index (κ3) is 4.63. The van der Waals surface area contributed by atoms with Crippen LogP contribution in [0.1, 0.15) is 38.7 Å². The Morgan fingerprint density at radius 1 is 1.05 bits per heavy atom. The van der Waals surface area contributed by atoms with Crippen LogP contribution in [0.2, 0.25) is 0 Å². The number of benzene rings is 1. The monoisotopic (exact) mass is 260 g/mol. The van der Waals surface area contributed by atoms with Crippen molar-refractivity contribution in [3.05, 3.63) is 35.9 Å². The number of nitrogens with one attached hydrogen (secondary N) is 2. The van der Waals surface area contributed by atoms with Gasteiger partial charge in [-0.1, -0.05) is 44.2 Å². The van der Waals surface area contributed by atoms with Crippen molar-refractivity contribution in [1.29, 1.82) is 0 Å². The van der Waals surface area contributed by atoms with Crippen LogP contribution in [0.4, 0.5) is 0 Å². The van der Waals surface area contributed by atoms with Crippen LogP contribution in [0.3, 0.4) is 0 Å². The highest BCUT2D eigenvalue weighted by atomic mass is 14.9. The summed E-state index contributed by atoms with van der Waals surface area (Å²) in [4.78, 5) is 0. The lowest BCUT2D eigenvalue weighted by atomic mass is 9.96. The van der Waals surface area contributed by atoms with Gasteiger partial charge >= 0.3 is 0 Å². The third-order valence-electron chi connectivity index (χ3n) is 3.96. The highest BCUT2D eigenvalue weighted by Crippen LogP contribution is 2.47. The summed E-state index contributed by atoms with van der Waals surface area (Å²) in [6.07, 6.45) is 3.91. The summed E-state index contributed by atoms with van der Waals surface area (Å²) < 4.78 is 0. The van der Waals surface area contributed by atoms with Gasteiger partial charge in [-0.15, -0.1) is 0 Å². The summed E-state index contributed by atoms with van der Waals surface area (Å²) in [6.45, 7) is 9.03. The lowest BCUT2D eigenvalue weighted by Gasteiger charge is -2.16. The Morgan fingerprint density at radius 3 is 2.37 bits per heavy atom. The SMILES string of the molecule is CC(C)CNCCCNCC1(c2ccccc2)CC1. The minimum atomic E-state index is 0.451. The molecule has 0 radical (unpaired) electrons. The first-order valence-corrected chi connectivity index (χ1v) is 7.70. The molecule has 0 heterocycles. The third-order valence-corrected chi connectivity index (χ3v) is 3.96. The Morgan fingerprint density at radius 2 is 1.74 bits per heavy atom. The van der Waals surface area contributed by atoms with Crippen LogP contribution in [-0.2, 0) is 5.41 Å². The zero-order chi connectivity index (χ0) is 13.6. The maximum absolute atomic E-state index is 3.63. The molecule has 0 unspecified atom stereocenters. The molecule has 2 rings (SSSR count). The maximum atomic E-state index is 3.63. The van der Waals surface area contributed by atoms with E-state index in [1.165, 1.54) is 24.8 Å². The summed E-state index contributed by atoms with van der Waals surface area (Å²) in [6, 6.07) is 11.0. The normalized spacial score (nSPS) is 16.8. The van der Waals surface area contributed by atoms with Crippen molar-refractivity contribution >= 4 is 0 Å². The van der Waals surface area contributed by atoms with Crippen LogP contribution >= 0.6 is 0 Å². The van der Waals surface area contributed by atoms with Gasteiger partial charge in [-0.2, -0.15) is 0 Å². The number of hydrogen-bond donors (Lipinski definition) is 2. The van der Waals surface area contributed by atoms with Crippen LogP contribution in [0.5, 0.6) is 0 Å². The van der Waals surface area contributed by atoms with Gasteiger partial charge in [0.1, 0.15) is 0 Å². The fourth-order valence-corrected chi connectivity index (χ4v) is 2.57. The standard InChI is InChI=1S/C17H28N2/c1-15(2)13-18-11-6-12-19-14-17(9-10-17)16-7-4-3-5-8-16/h3-5,7-8,15,18-19H,6,9-14H2,1-2H3. The highest BCUT2D eigenvalue weighted by Gasteiger charge is 2.43. The molecule has 0 saturated heterocycles. The second kappa shape index (κ2) is 7.06. The molecule has 1 aliphatic rings. The van der Waals surface area contributed by atoms with E-state index in [4.69, 9.17) is 0 Å². The van der Waals surface area contributed by atoms with Crippen molar-refractivity contribution < 1.29 is 0 Å². The van der Waals surface area contributed by atoms with Crippen molar-refractivity contribution in [1.82, 2.24) is 10.6 Å². The summed E-state index contributed by atoms with van der Waals surface area (Å²) >= 11 is 0. The molecule has 1 aromatic rings. The van der Waals surface area contributed by atoms with Crippen molar-refractivity contribution in [2.24, 2.45) is 5.92 Å². The number of rotatable bonds is 9. The predicted molar refractivity (Wildman–Crippen MR) is 82.5 cm³/mol. The first-order chi connectivity index (χ1) is 9.23. The van der Waals surface area contributed by atoms with Gasteiger partial charge in [-0.05, 0) is 50.4 Å². The van der Waals surface area contributed by atoms with Gasteiger partial charge in [0, 0.05) is 12.0 Å². The zero-order valence-electron chi connectivity index (χ0n) is 12.4. The van der Waals surface area contributed by atoms with Gasteiger partial charge in [0.15, 0.2) is 0 Å². The van der Waals surface area contributed by atoms with Crippen molar-refractivity contribution in [3.63, 3.8) is 0 Å². The molecule has 0 spiro atoms. The smallest absolute Gasteiger partial charge is 0.00784 e. The minimum Gasteiger partial charge on any atom is -0.316 e. The molecular weight excluding hydrogens is 232 g/mol. The number of hydrogen-bond acceptors (Lipinski definition) is 2. The first kappa shape index (κ1) is 14.5. The molecule has 2 N–H and O–H groups in total. The zero-order valence-corrected chi connectivity index (χ0v) is 12.4. The van der Waals surface area contributed by atoms with E-state index in [1.54, 1.807) is 0 Å². The molecule has 1 aromatic carbocycles. The van der Waals surface area contributed by atoms with E-state index in [2.05, 4.69) is 54.8 Å². The molecule has 106 valence electrons. The molecule has 2 heteroatoms. The van der Waals surface area contributed by atoms with Crippen LogP contribution in [0.25, 0.3) is 0 Å². The Balaban J connectivity index is 1.59. The van der Waals surface area contributed by atoms with E-state index in [1.807, 2.05) is 0 Å². The minimum absolute atomic E-state index is 0.451. The molecule has 0 amide bonds. The maximum Gasteiger partial charge on any atom is 0.00784 e. The molecule has 0 bridgehead atoms. The summed E-state index contributed by atoms with van der Waals surface area (Å²) in [5, 5.41) is 7.12. The van der Waals surface area contributed by atoms with E-state index in [0.29, 0.717) is 5.41 Å². The summed E-state index contributed by atoms with van der Waals surface area (Å²) in [7, 11) is 0. The van der Waals surface area contributed by atoms with Crippen LogP contribution in [-0.4, -0.2) is 26.2 Å². The van der Waals surface area contributed by atoms with Gasteiger partial charge in [0.2, 0.25) is 0 Å².